The summed E-state index contributed by atoms with van der Waals surface area (Å²) in [6, 6.07) is 7.68. The summed E-state index contributed by atoms with van der Waals surface area (Å²) in [5.41, 5.74) is 1.24. The zero-order valence-corrected chi connectivity index (χ0v) is 11.6. The second kappa shape index (κ2) is 5.93. The number of carbonyl (C=O) groups is 1. The van der Waals surface area contributed by atoms with Gasteiger partial charge in [-0.15, -0.1) is 0 Å². The molecule has 1 heterocycles. The molecule has 0 saturated carbocycles. The van der Waals surface area contributed by atoms with Crippen molar-refractivity contribution >= 4 is 33.4 Å². The Labute approximate surface area is 118 Å². The molecule has 0 saturated heterocycles. The standard InChI is InChI=1S/C12H9BrClN3O/c13-9-4-2-1-3-8(9)5-17-12(18)10-6-16-11(14)7-15-10/h1-4,6-7H,5H2,(H,17,18). The Bertz CT molecular complexity index is 560. The molecule has 0 fully saturated rings. The number of benzene rings is 1. The van der Waals surface area contributed by atoms with Gasteiger partial charge in [0.05, 0.1) is 12.4 Å². The molecular weight excluding hydrogens is 318 g/mol. The van der Waals surface area contributed by atoms with Crippen molar-refractivity contribution in [2.75, 3.05) is 0 Å². The van der Waals surface area contributed by atoms with Gasteiger partial charge in [0, 0.05) is 11.0 Å². The number of hydrogen-bond acceptors (Lipinski definition) is 3. The maximum atomic E-state index is 11.8. The van der Waals surface area contributed by atoms with E-state index in [4.69, 9.17) is 11.6 Å². The van der Waals surface area contributed by atoms with Gasteiger partial charge in [-0.05, 0) is 11.6 Å². The summed E-state index contributed by atoms with van der Waals surface area (Å²) >= 11 is 9.01. The van der Waals surface area contributed by atoms with Crippen molar-refractivity contribution in [2.24, 2.45) is 0 Å². The van der Waals surface area contributed by atoms with Crippen molar-refractivity contribution in [1.82, 2.24) is 15.3 Å². The van der Waals surface area contributed by atoms with E-state index in [1.54, 1.807) is 0 Å². The predicted octanol–water partition coefficient (Wildman–Crippen LogP) is 2.82. The van der Waals surface area contributed by atoms with E-state index < -0.39 is 0 Å². The summed E-state index contributed by atoms with van der Waals surface area (Å²) < 4.78 is 0.951. The van der Waals surface area contributed by atoms with Crippen LogP contribution in [0.5, 0.6) is 0 Å². The largest absolute Gasteiger partial charge is 0.347 e. The SMILES string of the molecule is O=C(NCc1ccccc1Br)c1cnc(Cl)cn1. The molecule has 1 amide bonds. The van der Waals surface area contributed by atoms with Crippen molar-refractivity contribution in [1.29, 1.82) is 0 Å². The van der Waals surface area contributed by atoms with E-state index in [1.165, 1.54) is 12.4 Å². The fraction of sp³-hybridized carbons (Fsp3) is 0.0833. The van der Waals surface area contributed by atoms with Crippen LogP contribution in [0.2, 0.25) is 5.15 Å². The Morgan fingerprint density at radius 2 is 2.06 bits per heavy atom. The first kappa shape index (κ1) is 13.0. The molecule has 0 aliphatic carbocycles. The first-order chi connectivity index (χ1) is 8.66. The molecule has 2 rings (SSSR count). The minimum atomic E-state index is -0.282. The Morgan fingerprint density at radius 1 is 1.28 bits per heavy atom. The number of halogens is 2. The Hall–Kier alpha value is -1.46. The zero-order valence-electron chi connectivity index (χ0n) is 9.23. The monoisotopic (exact) mass is 325 g/mol. The lowest BCUT2D eigenvalue weighted by Crippen LogP contribution is -2.24. The average molecular weight is 327 g/mol. The van der Waals surface area contributed by atoms with Crippen molar-refractivity contribution < 1.29 is 4.79 Å². The van der Waals surface area contributed by atoms with Crippen LogP contribution in [-0.4, -0.2) is 15.9 Å². The molecule has 18 heavy (non-hydrogen) atoms. The van der Waals surface area contributed by atoms with Crippen molar-refractivity contribution in [2.45, 2.75) is 6.54 Å². The van der Waals surface area contributed by atoms with Crippen LogP contribution in [0.15, 0.2) is 41.1 Å². The third-order valence-electron chi connectivity index (χ3n) is 2.25. The second-order valence-corrected chi connectivity index (χ2v) is 4.74. The van der Waals surface area contributed by atoms with E-state index in [0.717, 1.165) is 10.0 Å². The van der Waals surface area contributed by atoms with E-state index in [-0.39, 0.29) is 16.8 Å². The number of nitrogens with zero attached hydrogens (tertiary/aromatic N) is 2. The minimum absolute atomic E-state index is 0.242. The van der Waals surface area contributed by atoms with E-state index in [1.807, 2.05) is 24.3 Å². The highest BCUT2D eigenvalue weighted by molar-refractivity contribution is 9.10. The van der Waals surface area contributed by atoms with Gasteiger partial charge in [0.25, 0.3) is 5.91 Å². The summed E-state index contributed by atoms with van der Waals surface area (Å²) in [6.07, 6.45) is 2.69. The Balaban J connectivity index is 2.01. The fourth-order valence-electron chi connectivity index (χ4n) is 1.34. The lowest BCUT2D eigenvalue weighted by Gasteiger charge is -2.06. The third kappa shape index (κ3) is 3.27. The molecule has 1 N–H and O–H groups in total. The molecule has 0 spiro atoms. The molecule has 1 aromatic heterocycles. The van der Waals surface area contributed by atoms with Crippen LogP contribution in [-0.2, 0) is 6.54 Å². The van der Waals surface area contributed by atoms with Crippen LogP contribution in [0.4, 0.5) is 0 Å². The predicted molar refractivity (Wildman–Crippen MR) is 72.4 cm³/mol. The average Bonchev–Trinajstić information content (AvgIpc) is 2.38. The molecule has 1 aromatic carbocycles. The minimum Gasteiger partial charge on any atom is -0.347 e. The van der Waals surface area contributed by atoms with Gasteiger partial charge in [-0.25, -0.2) is 9.97 Å². The van der Waals surface area contributed by atoms with Crippen molar-refractivity contribution in [3.05, 3.63) is 57.5 Å². The number of carbonyl (C=O) groups excluding carboxylic acids is 1. The fourth-order valence-corrected chi connectivity index (χ4v) is 1.86. The number of amides is 1. The quantitative estimate of drug-likeness (QED) is 0.943. The van der Waals surface area contributed by atoms with Gasteiger partial charge in [-0.2, -0.15) is 0 Å². The Morgan fingerprint density at radius 3 is 2.72 bits per heavy atom. The number of nitrogens with one attached hydrogen (secondary N) is 1. The van der Waals surface area contributed by atoms with Gasteiger partial charge in [0.15, 0.2) is 0 Å². The van der Waals surface area contributed by atoms with Crippen LogP contribution in [0, 0.1) is 0 Å². The summed E-state index contributed by atoms with van der Waals surface area (Å²) in [6.45, 7) is 0.421. The van der Waals surface area contributed by atoms with Gasteiger partial charge in [0.1, 0.15) is 10.8 Å². The number of aromatic nitrogens is 2. The molecule has 0 bridgehead atoms. The molecule has 92 valence electrons. The Kier molecular flexibility index (Phi) is 4.28. The molecule has 6 heteroatoms. The molecule has 4 nitrogen and oxygen atoms in total. The third-order valence-corrected chi connectivity index (χ3v) is 3.22. The van der Waals surface area contributed by atoms with Gasteiger partial charge in [-0.3, -0.25) is 4.79 Å². The first-order valence-electron chi connectivity index (χ1n) is 5.16. The van der Waals surface area contributed by atoms with Gasteiger partial charge in [-0.1, -0.05) is 45.7 Å². The van der Waals surface area contributed by atoms with E-state index in [0.29, 0.717) is 6.54 Å². The topological polar surface area (TPSA) is 54.9 Å². The lowest BCUT2D eigenvalue weighted by molar-refractivity contribution is 0.0945. The van der Waals surface area contributed by atoms with E-state index in [9.17, 15) is 4.79 Å². The normalized spacial score (nSPS) is 10.1. The van der Waals surface area contributed by atoms with Crippen molar-refractivity contribution in [3.8, 4) is 0 Å². The van der Waals surface area contributed by atoms with Crippen molar-refractivity contribution in [3.63, 3.8) is 0 Å². The van der Waals surface area contributed by atoms with Crippen LogP contribution >= 0.6 is 27.5 Å². The van der Waals surface area contributed by atoms with E-state index >= 15 is 0 Å². The molecule has 0 aliphatic rings. The summed E-state index contributed by atoms with van der Waals surface area (Å²) in [7, 11) is 0. The molecular formula is C12H9BrClN3O. The number of rotatable bonds is 3. The first-order valence-corrected chi connectivity index (χ1v) is 6.33. The van der Waals surface area contributed by atoms with Crippen LogP contribution in [0.3, 0.4) is 0 Å². The summed E-state index contributed by atoms with van der Waals surface area (Å²) in [5.74, 6) is -0.282. The second-order valence-electron chi connectivity index (χ2n) is 3.50. The van der Waals surface area contributed by atoms with Crippen LogP contribution < -0.4 is 5.32 Å². The highest BCUT2D eigenvalue weighted by atomic mass is 79.9. The van der Waals surface area contributed by atoms with Crippen LogP contribution in [0.25, 0.3) is 0 Å². The molecule has 2 aromatic rings. The highest BCUT2D eigenvalue weighted by Gasteiger charge is 2.08. The molecule has 0 aliphatic heterocycles. The zero-order chi connectivity index (χ0) is 13.0. The maximum Gasteiger partial charge on any atom is 0.271 e. The smallest absolute Gasteiger partial charge is 0.271 e. The van der Waals surface area contributed by atoms with E-state index in [2.05, 4.69) is 31.2 Å². The summed E-state index contributed by atoms with van der Waals surface area (Å²) in [4.78, 5) is 19.5. The molecule has 0 atom stereocenters. The van der Waals surface area contributed by atoms with Crippen LogP contribution in [0.1, 0.15) is 16.1 Å². The van der Waals surface area contributed by atoms with Gasteiger partial charge >= 0.3 is 0 Å². The summed E-state index contributed by atoms with van der Waals surface area (Å²) in [5, 5.41) is 3.02. The number of hydrogen-bond donors (Lipinski definition) is 1. The lowest BCUT2D eigenvalue weighted by atomic mass is 10.2. The molecule has 0 unspecified atom stereocenters. The maximum absolute atomic E-state index is 11.8. The van der Waals surface area contributed by atoms with Gasteiger partial charge < -0.3 is 5.32 Å². The molecule has 0 radical (unpaired) electrons. The van der Waals surface area contributed by atoms with Gasteiger partial charge in [0.2, 0.25) is 0 Å². The highest BCUT2D eigenvalue weighted by Crippen LogP contribution is 2.15.